The van der Waals surface area contributed by atoms with Crippen LogP contribution in [-0.4, -0.2) is 65.7 Å². The first-order chi connectivity index (χ1) is 22.7. The standard InChI is InChI=1S/C38H52N6O4/c1-34(2,3)38(14-8-22-44(38)32(45)46)31-40-23-27(41-31)25-10-12-26(13-11-25)36-15-18-37(19-16-36,20-17-36)29-24-39-30(42-29)28-9-7-21-43(28)33(47)48-35(4,5)6/h10-13,23-24,28H,7-9,14-22H2,1-6H3,(H,39,42)(H,40,41)(H,45,46)/t28-,36?,37?,38+/m0/s1. The number of carbonyl (C=O) groups excluding carboxylic acids is 1. The van der Waals surface area contributed by atoms with Crippen molar-refractivity contribution in [2.24, 2.45) is 5.41 Å². The molecular formula is C38H52N6O4. The highest BCUT2D eigenvalue weighted by Crippen LogP contribution is 2.58. The van der Waals surface area contributed by atoms with E-state index in [0.717, 1.165) is 87.1 Å². The summed E-state index contributed by atoms with van der Waals surface area (Å²) in [5, 5.41) is 10.1. The van der Waals surface area contributed by atoms with Crippen molar-refractivity contribution in [1.29, 1.82) is 0 Å². The number of hydrogen-bond donors (Lipinski definition) is 3. The average molecular weight is 657 g/mol. The van der Waals surface area contributed by atoms with Gasteiger partial charge in [-0.3, -0.25) is 9.80 Å². The Balaban J connectivity index is 1.05. The van der Waals surface area contributed by atoms with E-state index in [1.165, 1.54) is 11.3 Å². The van der Waals surface area contributed by atoms with Gasteiger partial charge in [-0.15, -0.1) is 0 Å². The Bertz CT molecular complexity index is 1650. The Labute approximate surface area is 284 Å². The van der Waals surface area contributed by atoms with Crippen molar-refractivity contribution in [3.8, 4) is 11.3 Å². The Morgan fingerprint density at radius 3 is 2.15 bits per heavy atom. The highest BCUT2D eigenvalue weighted by molar-refractivity contribution is 5.69. The minimum atomic E-state index is -0.889. The van der Waals surface area contributed by atoms with Gasteiger partial charge in [0.15, 0.2) is 0 Å². The number of hydrogen-bond acceptors (Lipinski definition) is 5. The molecule has 0 radical (unpaired) electrons. The molecule has 10 heteroatoms. The molecule has 3 aromatic rings. The molecule has 0 unspecified atom stereocenters. The summed E-state index contributed by atoms with van der Waals surface area (Å²) in [6.07, 6.45) is 13.0. The number of amides is 2. The molecule has 1 aromatic carbocycles. The van der Waals surface area contributed by atoms with Crippen LogP contribution in [0.4, 0.5) is 9.59 Å². The van der Waals surface area contributed by atoms with Crippen LogP contribution in [0.15, 0.2) is 36.7 Å². The Morgan fingerprint density at radius 2 is 1.52 bits per heavy atom. The van der Waals surface area contributed by atoms with Gasteiger partial charge in [0.2, 0.25) is 0 Å². The van der Waals surface area contributed by atoms with Crippen LogP contribution < -0.4 is 0 Å². The maximum absolute atomic E-state index is 12.9. The summed E-state index contributed by atoms with van der Waals surface area (Å²) < 4.78 is 5.70. The second-order valence-corrected chi connectivity index (χ2v) is 16.9. The van der Waals surface area contributed by atoms with Gasteiger partial charge >= 0.3 is 12.2 Å². The van der Waals surface area contributed by atoms with Crippen LogP contribution in [-0.2, 0) is 21.1 Å². The molecule has 4 heterocycles. The number of ether oxygens (including phenoxy) is 1. The largest absolute Gasteiger partial charge is 0.465 e. The lowest BCUT2D eigenvalue weighted by Crippen LogP contribution is -2.53. The van der Waals surface area contributed by atoms with Gasteiger partial charge in [-0.1, -0.05) is 45.0 Å². The van der Waals surface area contributed by atoms with Crippen LogP contribution in [0.1, 0.15) is 135 Å². The molecule has 10 nitrogen and oxygen atoms in total. The maximum atomic E-state index is 12.9. The van der Waals surface area contributed by atoms with Crippen LogP contribution in [0.25, 0.3) is 11.3 Å². The number of likely N-dealkylation sites (tertiary alicyclic amines) is 2. The van der Waals surface area contributed by atoms with E-state index in [4.69, 9.17) is 14.7 Å². The van der Waals surface area contributed by atoms with E-state index in [1.54, 1.807) is 4.90 Å². The average Bonchev–Trinajstić information content (AvgIpc) is 3.86. The highest BCUT2D eigenvalue weighted by Gasteiger charge is 2.55. The van der Waals surface area contributed by atoms with Crippen LogP contribution in [0, 0.1) is 5.41 Å². The Kier molecular flexibility index (Phi) is 7.75. The molecule has 3 aliphatic carbocycles. The zero-order valence-electron chi connectivity index (χ0n) is 29.5. The number of nitrogens with one attached hydrogen (secondary N) is 2. The van der Waals surface area contributed by atoms with Crippen molar-refractivity contribution < 1.29 is 19.4 Å². The number of carboxylic acid groups (broad SMARTS) is 1. The van der Waals surface area contributed by atoms with Gasteiger partial charge < -0.3 is 19.8 Å². The molecule has 2 aromatic heterocycles. The quantitative estimate of drug-likeness (QED) is 0.253. The number of H-pyrrole nitrogens is 2. The maximum Gasteiger partial charge on any atom is 0.410 e. The number of nitrogens with zero attached hydrogens (tertiary/aromatic N) is 4. The van der Waals surface area contributed by atoms with Crippen molar-refractivity contribution >= 4 is 12.2 Å². The molecule has 5 fully saturated rings. The fourth-order valence-electron chi connectivity index (χ4n) is 9.53. The van der Waals surface area contributed by atoms with Crippen molar-refractivity contribution in [3.63, 3.8) is 0 Å². The van der Waals surface area contributed by atoms with E-state index in [2.05, 4.69) is 55.0 Å². The Morgan fingerprint density at radius 1 is 0.854 bits per heavy atom. The van der Waals surface area contributed by atoms with Crippen LogP contribution in [0.3, 0.4) is 0 Å². The van der Waals surface area contributed by atoms with Crippen LogP contribution in [0.5, 0.6) is 0 Å². The molecule has 2 bridgehead atoms. The molecule has 2 saturated heterocycles. The van der Waals surface area contributed by atoms with E-state index in [-0.39, 0.29) is 28.4 Å². The third kappa shape index (κ3) is 5.30. The zero-order valence-corrected chi connectivity index (χ0v) is 29.5. The fourth-order valence-corrected chi connectivity index (χ4v) is 9.53. The van der Waals surface area contributed by atoms with Gasteiger partial charge in [-0.05, 0) is 107 Å². The molecule has 2 atom stereocenters. The first kappa shape index (κ1) is 32.7. The predicted octanol–water partition coefficient (Wildman–Crippen LogP) is 8.43. The third-order valence-electron chi connectivity index (χ3n) is 12.2. The molecule has 3 N–H and O–H groups in total. The first-order valence-corrected chi connectivity index (χ1v) is 17.9. The zero-order chi connectivity index (χ0) is 34.1. The number of benzene rings is 1. The lowest BCUT2D eigenvalue weighted by Gasteiger charge is -2.53. The highest BCUT2D eigenvalue weighted by atomic mass is 16.6. The molecule has 48 heavy (non-hydrogen) atoms. The number of imidazole rings is 2. The van der Waals surface area contributed by atoms with Crippen molar-refractivity contribution in [3.05, 3.63) is 59.6 Å². The normalized spacial score (nSPS) is 29.1. The SMILES string of the molecule is CC(C)(C)OC(=O)N1CCC[C@H]1c1ncc(C23CCC(c4ccc(-c5cnc([C@@]6(C(C)(C)C)CCCN6C(=O)O)[nH]5)cc4)(CC2)CC3)[nH]1. The fraction of sp³-hybridized carbons (Fsp3) is 0.632. The summed E-state index contributed by atoms with van der Waals surface area (Å²) in [7, 11) is 0. The van der Waals surface area contributed by atoms with Gasteiger partial charge in [0.1, 0.15) is 22.8 Å². The number of aromatic amines is 2. The van der Waals surface area contributed by atoms with Crippen molar-refractivity contribution in [1.82, 2.24) is 29.7 Å². The van der Waals surface area contributed by atoms with Crippen molar-refractivity contribution in [2.45, 2.75) is 134 Å². The number of rotatable bonds is 5. The summed E-state index contributed by atoms with van der Waals surface area (Å²) in [4.78, 5) is 45.5. The van der Waals surface area contributed by atoms with Gasteiger partial charge in [0.05, 0.1) is 17.9 Å². The summed E-state index contributed by atoms with van der Waals surface area (Å²) >= 11 is 0. The lowest BCUT2D eigenvalue weighted by molar-refractivity contribution is 0.0213. The molecule has 258 valence electrons. The smallest absolute Gasteiger partial charge is 0.410 e. The van der Waals surface area contributed by atoms with E-state index in [9.17, 15) is 14.7 Å². The summed E-state index contributed by atoms with van der Waals surface area (Å²) in [5.74, 6) is 1.62. The monoisotopic (exact) mass is 656 g/mol. The minimum absolute atomic E-state index is 0.0611. The minimum Gasteiger partial charge on any atom is -0.465 e. The summed E-state index contributed by atoms with van der Waals surface area (Å²) in [6, 6.07) is 8.93. The van der Waals surface area contributed by atoms with E-state index in [1.807, 2.05) is 38.1 Å². The molecule has 0 spiro atoms. The first-order valence-electron chi connectivity index (χ1n) is 17.9. The van der Waals surface area contributed by atoms with Gasteiger partial charge in [-0.2, -0.15) is 0 Å². The van der Waals surface area contributed by atoms with Gasteiger partial charge in [0.25, 0.3) is 0 Å². The van der Waals surface area contributed by atoms with E-state index >= 15 is 0 Å². The van der Waals surface area contributed by atoms with Gasteiger partial charge in [0, 0.05) is 30.4 Å². The van der Waals surface area contributed by atoms with Crippen LogP contribution in [0.2, 0.25) is 0 Å². The van der Waals surface area contributed by atoms with Gasteiger partial charge in [-0.25, -0.2) is 19.6 Å². The second kappa shape index (κ2) is 11.4. The molecule has 3 saturated carbocycles. The third-order valence-corrected chi connectivity index (χ3v) is 12.2. The van der Waals surface area contributed by atoms with Crippen LogP contribution >= 0.6 is 0 Å². The predicted molar refractivity (Wildman–Crippen MR) is 184 cm³/mol. The second-order valence-electron chi connectivity index (χ2n) is 16.9. The van der Waals surface area contributed by atoms with E-state index in [0.29, 0.717) is 13.1 Å². The summed E-state index contributed by atoms with van der Waals surface area (Å²) in [5.41, 5.74) is 3.40. The number of fused-ring (bicyclic) bond motifs is 3. The molecule has 8 rings (SSSR count). The molecule has 5 aliphatic rings. The molecule has 2 aliphatic heterocycles. The summed E-state index contributed by atoms with van der Waals surface area (Å²) in [6.45, 7) is 13.3. The lowest BCUT2D eigenvalue weighted by atomic mass is 9.51. The molecule has 2 amide bonds. The number of carbonyl (C=O) groups is 2. The topological polar surface area (TPSA) is 127 Å². The van der Waals surface area contributed by atoms with Crippen molar-refractivity contribution in [2.75, 3.05) is 13.1 Å². The molecular weight excluding hydrogens is 604 g/mol. The Hall–Kier alpha value is -3.82. The number of aromatic nitrogens is 4. The van der Waals surface area contributed by atoms with E-state index < -0.39 is 17.2 Å².